The van der Waals surface area contributed by atoms with Crippen molar-refractivity contribution in [1.29, 1.82) is 0 Å². The maximum absolute atomic E-state index is 11.2. The molecule has 16 heavy (non-hydrogen) atoms. The van der Waals surface area contributed by atoms with Crippen LogP contribution in [-0.4, -0.2) is 23.2 Å². The van der Waals surface area contributed by atoms with E-state index in [0.717, 1.165) is 5.39 Å². The van der Waals surface area contributed by atoms with E-state index in [2.05, 4.69) is 9.72 Å². The second-order valence-corrected chi connectivity index (χ2v) is 3.07. The molecular weight excluding hydrogens is 230 g/mol. The number of hydrogen-bond acceptors (Lipinski definition) is 4. The van der Waals surface area contributed by atoms with Gasteiger partial charge >= 0.3 is 5.97 Å². The first kappa shape index (κ1) is 12.3. The summed E-state index contributed by atoms with van der Waals surface area (Å²) in [4.78, 5) is 15.3. The number of esters is 1. The van der Waals surface area contributed by atoms with E-state index in [0.29, 0.717) is 5.52 Å². The van der Waals surface area contributed by atoms with Crippen LogP contribution < -0.4 is 0 Å². The van der Waals surface area contributed by atoms with Crippen molar-refractivity contribution in [2.45, 2.75) is 0 Å². The third kappa shape index (κ3) is 2.23. The molecule has 0 saturated carbocycles. The lowest BCUT2D eigenvalue weighted by Gasteiger charge is -2.01. The van der Waals surface area contributed by atoms with Gasteiger partial charge in [-0.3, -0.25) is 0 Å². The van der Waals surface area contributed by atoms with Gasteiger partial charge in [-0.25, -0.2) is 9.78 Å². The second-order valence-electron chi connectivity index (χ2n) is 3.07. The van der Waals surface area contributed by atoms with Crippen LogP contribution in [0.1, 0.15) is 10.5 Å². The minimum absolute atomic E-state index is 0. The molecule has 0 aliphatic rings. The number of pyridine rings is 1. The summed E-state index contributed by atoms with van der Waals surface area (Å²) >= 11 is 0. The van der Waals surface area contributed by atoms with Crippen molar-refractivity contribution in [3.8, 4) is 5.75 Å². The quantitative estimate of drug-likeness (QED) is 0.775. The fraction of sp³-hybridized carbons (Fsp3) is 0.0909. The molecule has 0 aliphatic carbocycles. The largest absolute Gasteiger partial charge is 0.508 e. The van der Waals surface area contributed by atoms with Gasteiger partial charge in [-0.15, -0.1) is 12.4 Å². The number of rotatable bonds is 1. The summed E-state index contributed by atoms with van der Waals surface area (Å²) in [7, 11) is 1.31. The van der Waals surface area contributed by atoms with Gasteiger partial charge in [0.25, 0.3) is 0 Å². The van der Waals surface area contributed by atoms with Crippen molar-refractivity contribution in [3.05, 3.63) is 36.0 Å². The van der Waals surface area contributed by atoms with E-state index in [1.54, 1.807) is 24.3 Å². The van der Waals surface area contributed by atoms with E-state index in [1.807, 2.05) is 0 Å². The van der Waals surface area contributed by atoms with Crippen LogP contribution >= 0.6 is 12.4 Å². The molecule has 1 heterocycles. The fourth-order valence-electron chi connectivity index (χ4n) is 1.33. The fourth-order valence-corrected chi connectivity index (χ4v) is 1.33. The molecule has 0 radical (unpaired) electrons. The van der Waals surface area contributed by atoms with Crippen LogP contribution in [-0.2, 0) is 4.74 Å². The van der Waals surface area contributed by atoms with Crippen molar-refractivity contribution in [1.82, 2.24) is 4.98 Å². The maximum atomic E-state index is 11.2. The summed E-state index contributed by atoms with van der Waals surface area (Å²) in [5.74, 6) is -0.292. The van der Waals surface area contributed by atoms with E-state index >= 15 is 0 Å². The Hall–Kier alpha value is -1.81. The first-order valence-electron chi connectivity index (χ1n) is 4.39. The Morgan fingerprint density at radius 1 is 1.31 bits per heavy atom. The Morgan fingerprint density at radius 3 is 2.75 bits per heavy atom. The molecule has 0 spiro atoms. The lowest BCUT2D eigenvalue weighted by atomic mass is 10.2. The number of carbonyl (C=O) groups is 1. The van der Waals surface area contributed by atoms with Crippen LogP contribution in [0.2, 0.25) is 0 Å². The number of nitrogens with zero attached hydrogens (tertiary/aromatic N) is 1. The number of carbonyl (C=O) groups excluding carboxylic acids is 1. The highest BCUT2D eigenvalue weighted by Gasteiger charge is 2.07. The van der Waals surface area contributed by atoms with E-state index in [4.69, 9.17) is 0 Å². The number of aromatic nitrogens is 1. The van der Waals surface area contributed by atoms with E-state index < -0.39 is 5.97 Å². The Balaban J connectivity index is 0.00000128. The zero-order valence-corrected chi connectivity index (χ0v) is 9.32. The van der Waals surface area contributed by atoms with Crippen LogP contribution in [0.4, 0.5) is 0 Å². The van der Waals surface area contributed by atoms with Crippen LogP contribution in [0, 0.1) is 0 Å². The minimum Gasteiger partial charge on any atom is -0.508 e. The first-order chi connectivity index (χ1) is 7.20. The molecule has 5 heteroatoms. The van der Waals surface area contributed by atoms with Gasteiger partial charge in [0.2, 0.25) is 0 Å². The topological polar surface area (TPSA) is 59.4 Å². The number of phenols is 1. The highest BCUT2D eigenvalue weighted by atomic mass is 35.5. The maximum Gasteiger partial charge on any atom is 0.356 e. The summed E-state index contributed by atoms with van der Waals surface area (Å²) in [6, 6.07) is 8.04. The monoisotopic (exact) mass is 239 g/mol. The summed E-state index contributed by atoms with van der Waals surface area (Å²) in [5.41, 5.74) is 0.909. The summed E-state index contributed by atoms with van der Waals surface area (Å²) in [5, 5.41) is 10.0. The standard InChI is InChI=1S/C11H9NO3.ClH/c1-15-11(14)10-4-2-7-6-8(13)3-5-9(7)12-10;/h2-6,13H,1H3;1H. The highest BCUT2D eigenvalue weighted by Crippen LogP contribution is 2.18. The molecule has 1 N–H and O–H groups in total. The number of halogens is 1. The first-order valence-corrected chi connectivity index (χ1v) is 4.39. The lowest BCUT2D eigenvalue weighted by Crippen LogP contribution is -2.03. The van der Waals surface area contributed by atoms with Crippen molar-refractivity contribution < 1.29 is 14.6 Å². The van der Waals surface area contributed by atoms with Crippen LogP contribution in [0.3, 0.4) is 0 Å². The third-order valence-electron chi connectivity index (χ3n) is 2.07. The van der Waals surface area contributed by atoms with Crippen molar-refractivity contribution in [2.75, 3.05) is 7.11 Å². The average molecular weight is 240 g/mol. The molecule has 84 valence electrons. The second kappa shape index (κ2) is 4.81. The summed E-state index contributed by atoms with van der Waals surface area (Å²) in [6.07, 6.45) is 0. The van der Waals surface area contributed by atoms with E-state index in [1.165, 1.54) is 13.2 Å². The zero-order chi connectivity index (χ0) is 10.8. The molecule has 2 aromatic rings. The van der Waals surface area contributed by atoms with E-state index in [9.17, 15) is 9.90 Å². The molecule has 1 aromatic carbocycles. The normalized spacial score (nSPS) is 9.56. The Labute approximate surface area is 98.3 Å². The number of fused-ring (bicyclic) bond motifs is 1. The molecule has 0 unspecified atom stereocenters. The van der Waals surface area contributed by atoms with Gasteiger partial charge < -0.3 is 9.84 Å². The predicted octanol–water partition coefficient (Wildman–Crippen LogP) is 2.15. The van der Waals surface area contributed by atoms with Crippen LogP contribution in [0.15, 0.2) is 30.3 Å². The summed E-state index contributed by atoms with van der Waals surface area (Å²) in [6.45, 7) is 0. The smallest absolute Gasteiger partial charge is 0.356 e. The number of aromatic hydroxyl groups is 1. The Morgan fingerprint density at radius 2 is 2.06 bits per heavy atom. The van der Waals surface area contributed by atoms with Gasteiger partial charge in [0.05, 0.1) is 12.6 Å². The zero-order valence-electron chi connectivity index (χ0n) is 8.51. The number of hydrogen-bond donors (Lipinski definition) is 1. The van der Waals surface area contributed by atoms with Gasteiger partial charge in [0.15, 0.2) is 0 Å². The molecule has 0 saturated heterocycles. The molecular formula is C11H10ClNO3. The minimum atomic E-state index is -0.468. The molecule has 4 nitrogen and oxygen atoms in total. The number of phenolic OH excluding ortho intramolecular Hbond substituents is 1. The lowest BCUT2D eigenvalue weighted by molar-refractivity contribution is 0.0594. The predicted molar refractivity (Wildman–Crippen MR) is 62.0 cm³/mol. The van der Waals surface area contributed by atoms with Gasteiger partial charge in [-0.1, -0.05) is 6.07 Å². The molecule has 0 aliphatic heterocycles. The van der Waals surface area contributed by atoms with Gasteiger partial charge in [0.1, 0.15) is 11.4 Å². The van der Waals surface area contributed by atoms with E-state index in [-0.39, 0.29) is 23.9 Å². The SMILES string of the molecule is COC(=O)c1ccc2cc(O)ccc2n1.Cl. The van der Waals surface area contributed by atoms with Crippen LogP contribution in [0.25, 0.3) is 10.9 Å². The van der Waals surface area contributed by atoms with Gasteiger partial charge in [-0.2, -0.15) is 0 Å². The number of benzene rings is 1. The van der Waals surface area contributed by atoms with Gasteiger partial charge in [0, 0.05) is 5.39 Å². The van der Waals surface area contributed by atoms with Crippen LogP contribution in [0.5, 0.6) is 5.75 Å². The van der Waals surface area contributed by atoms with Crippen molar-refractivity contribution >= 4 is 29.3 Å². The molecule has 0 amide bonds. The van der Waals surface area contributed by atoms with Crippen molar-refractivity contribution in [2.24, 2.45) is 0 Å². The Bertz CT molecular complexity index is 528. The molecule has 1 aromatic heterocycles. The van der Waals surface area contributed by atoms with Gasteiger partial charge in [-0.05, 0) is 24.3 Å². The third-order valence-corrected chi connectivity index (χ3v) is 2.07. The highest BCUT2D eigenvalue weighted by molar-refractivity contribution is 5.91. The molecule has 0 bridgehead atoms. The molecule has 2 rings (SSSR count). The Kier molecular flexibility index (Phi) is 3.68. The molecule has 0 atom stereocenters. The molecule has 0 fully saturated rings. The summed E-state index contributed by atoms with van der Waals surface area (Å²) < 4.78 is 4.56. The number of ether oxygens (including phenoxy) is 1. The van der Waals surface area contributed by atoms with Crippen molar-refractivity contribution in [3.63, 3.8) is 0 Å². The average Bonchev–Trinajstić information content (AvgIpc) is 2.27. The number of methoxy groups -OCH3 is 1.